The van der Waals surface area contributed by atoms with Gasteiger partial charge in [0.1, 0.15) is 5.60 Å². The molecule has 3 aromatic rings. The molecule has 1 aliphatic heterocycles. The minimum atomic E-state index is -0.523. The van der Waals surface area contributed by atoms with E-state index in [2.05, 4.69) is 27.7 Å². The van der Waals surface area contributed by atoms with Gasteiger partial charge in [-0.1, -0.05) is 12.1 Å². The standard InChI is InChI=1S/C24H25N5O3/c1-23(13-28-15-26-18-6-3-16(11-25)9-20(18)28)7-2-8-24(12-23)14-29(22(30)31-24)21-10-19(27-32-21)17-4-5-17/h3,6,9-10,15,17H,2,4-5,7-8,12-14H2,1H3. The van der Waals surface area contributed by atoms with Crippen LogP contribution in [0.4, 0.5) is 10.7 Å². The van der Waals surface area contributed by atoms with E-state index in [0.717, 1.165) is 61.8 Å². The van der Waals surface area contributed by atoms with Gasteiger partial charge in [0.15, 0.2) is 0 Å². The van der Waals surface area contributed by atoms with Crippen LogP contribution >= 0.6 is 0 Å². The van der Waals surface area contributed by atoms with Crippen LogP contribution in [0.2, 0.25) is 0 Å². The first-order valence-corrected chi connectivity index (χ1v) is 11.3. The normalized spacial score (nSPS) is 27.8. The minimum Gasteiger partial charge on any atom is -0.441 e. The molecule has 1 saturated heterocycles. The highest BCUT2D eigenvalue weighted by atomic mass is 16.6. The number of imidazole rings is 1. The smallest absolute Gasteiger partial charge is 0.417 e. The highest BCUT2D eigenvalue weighted by Gasteiger charge is 2.52. The van der Waals surface area contributed by atoms with Gasteiger partial charge in [0, 0.05) is 18.5 Å². The topological polar surface area (TPSA) is 97.2 Å². The Kier molecular flexibility index (Phi) is 4.13. The summed E-state index contributed by atoms with van der Waals surface area (Å²) in [6.45, 7) is 3.50. The van der Waals surface area contributed by atoms with E-state index in [-0.39, 0.29) is 11.5 Å². The lowest BCUT2D eigenvalue weighted by molar-refractivity contribution is -0.0264. The maximum atomic E-state index is 12.8. The summed E-state index contributed by atoms with van der Waals surface area (Å²) in [4.78, 5) is 18.9. The quantitative estimate of drug-likeness (QED) is 0.591. The highest BCUT2D eigenvalue weighted by molar-refractivity contribution is 5.88. The fourth-order valence-electron chi connectivity index (χ4n) is 5.58. The minimum absolute atomic E-state index is 0.0641. The van der Waals surface area contributed by atoms with Gasteiger partial charge < -0.3 is 13.8 Å². The second-order valence-electron chi connectivity index (χ2n) is 10.0. The summed E-state index contributed by atoms with van der Waals surface area (Å²) in [5.41, 5.74) is 2.82. The SMILES string of the molecule is CC1(Cn2cnc3ccc(C#N)cc32)CCCC2(CN(c3cc(C4CC4)no3)C(=O)O2)C1. The monoisotopic (exact) mass is 431 g/mol. The number of ether oxygens (including phenoxy) is 1. The lowest BCUT2D eigenvalue weighted by Gasteiger charge is -2.43. The zero-order chi connectivity index (χ0) is 21.9. The van der Waals surface area contributed by atoms with Crippen LogP contribution in [0.15, 0.2) is 35.1 Å². The largest absolute Gasteiger partial charge is 0.441 e. The number of amides is 1. The van der Waals surface area contributed by atoms with Crippen LogP contribution in [0.1, 0.15) is 62.6 Å². The number of hydrogen-bond donors (Lipinski definition) is 0. The molecule has 6 rings (SSSR count). The summed E-state index contributed by atoms with van der Waals surface area (Å²) >= 11 is 0. The Labute approximate surface area is 185 Å². The van der Waals surface area contributed by atoms with Crippen molar-refractivity contribution in [3.8, 4) is 6.07 Å². The van der Waals surface area contributed by atoms with Gasteiger partial charge in [-0.3, -0.25) is 0 Å². The van der Waals surface area contributed by atoms with E-state index in [1.807, 2.05) is 24.5 Å². The van der Waals surface area contributed by atoms with Gasteiger partial charge in [-0.05, 0) is 62.1 Å². The molecule has 3 heterocycles. The Bertz CT molecular complexity index is 1250. The molecule has 2 atom stereocenters. The molecule has 3 fully saturated rings. The second-order valence-corrected chi connectivity index (χ2v) is 10.0. The van der Waals surface area contributed by atoms with Crippen molar-refractivity contribution in [2.24, 2.45) is 5.41 Å². The van der Waals surface area contributed by atoms with Crippen LogP contribution in [0.25, 0.3) is 11.0 Å². The van der Waals surface area contributed by atoms with Crippen LogP contribution < -0.4 is 4.90 Å². The summed E-state index contributed by atoms with van der Waals surface area (Å²) in [5.74, 6) is 0.968. The van der Waals surface area contributed by atoms with Crippen LogP contribution in [-0.2, 0) is 11.3 Å². The van der Waals surface area contributed by atoms with Crippen LogP contribution in [-0.4, -0.2) is 32.9 Å². The molecule has 8 nitrogen and oxygen atoms in total. The molecule has 1 amide bonds. The Balaban J connectivity index is 1.24. The number of carbonyl (C=O) groups excluding carboxylic acids is 1. The van der Waals surface area contributed by atoms with E-state index in [4.69, 9.17) is 9.26 Å². The number of benzene rings is 1. The molecule has 2 aliphatic carbocycles. The lowest BCUT2D eigenvalue weighted by atomic mass is 9.68. The summed E-state index contributed by atoms with van der Waals surface area (Å²) in [5, 5.41) is 13.4. The molecule has 32 heavy (non-hydrogen) atoms. The van der Waals surface area contributed by atoms with Gasteiger partial charge in [-0.15, -0.1) is 0 Å². The summed E-state index contributed by atoms with van der Waals surface area (Å²) in [7, 11) is 0. The third-order valence-corrected chi connectivity index (χ3v) is 7.21. The number of aromatic nitrogens is 3. The summed E-state index contributed by atoms with van der Waals surface area (Å²) < 4.78 is 13.6. The van der Waals surface area contributed by atoms with Crippen molar-refractivity contribution < 1.29 is 14.1 Å². The first-order valence-electron chi connectivity index (χ1n) is 11.3. The Morgan fingerprint density at radius 2 is 2.16 bits per heavy atom. The van der Waals surface area contributed by atoms with E-state index in [1.54, 1.807) is 11.0 Å². The van der Waals surface area contributed by atoms with Gasteiger partial charge in [0.2, 0.25) is 5.88 Å². The first-order chi connectivity index (χ1) is 15.5. The molecular formula is C24H25N5O3. The zero-order valence-electron chi connectivity index (χ0n) is 18.1. The first kappa shape index (κ1) is 19.4. The number of fused-ring (bicyclic) bond motifs is 1. The van der Waals surface area contributed by atoms with Crippen molar-refractivity contribution in [1.29, 1.82) is 5.26 Å². The van der Waals surface area contributed by atoms with Crippen molar-refractivity contribution in [1.82, 2.24) is 14.7 Å². The molecule has 0 N–H and O–H groups in total. The van der Waals surface area contributed by atoms with E-state index in [1.165, 1.54) is 0 Å². The van der Waals surface area contributed by atoms with Gasteiger partial charge in [0.05, 0.1) is 41.2 Å². The third kappa shape index (κ3) is 3.24. The summed E-state index contributed by atoms with van der Waals surface area (Å²) in [6, 6.07) is 9.67. The predicted octanol–water partition coefficient (Wildman–Crippen LogP) is 4.75. The number of hydrogen-bond acceptors (Lipinski definition) is 6. The van der Waals surface area contributed by atoms with Crippen LogP contribution in [0, 0.1) is 16.7 Å². The number of nitrogens with zero attached hydrogens (tertiary/aromatic N) is 5. The van der Waals surface area contributed by atoms with Crippen LogP contribution in [0.5, 0.6) is 0 Å². The van der Waals surface area contributed by atoms with Gasteiger partial charge in [0.25, 0.3) is 0 Å². The van der Waals surface area contributed by atoms with Gasteiger partial charge in [-0.25, -0.2) is 14.7 Å². The number of nitriles is 1. The molecule has 2 saturated carbocycles. The molecular weight excluding hydrogens is 406 g/mol. The molecule has 8 heteroatoms. The summed E-state index contributed by atoms with van der Waals surface area (Å²) in [6.07, 6.45) is 7.41. The maximum Gasteiger partial charge on any atom is 0.417 e. The van der Waals surface area contributed by atoms with Crippen molar-refractivity contribution in [3.05, 3.63) is 41.9 Å². The Morgan fingerprint density at radius 3 is 2.97 bits per heavy atom. The van der Waals surface area contributed by atoms with Crippen molar-refractivity contribution >= 4 is 23.0 Å². The van der Waals surface area contributed by atoms with E-state index < -0.39 is 5.60 Å². The Morgan fingerprint density at radius 1 is 1.28 bits per heavy atom. The van der Waals surface area contributed by atoms with Gasteiger partial charge in [-0.2, -0.15) is 5.26 Å². The van der Waals surface area contributed by atoms with Crippen LogP contribution in [0.3, 0.4) is 0 Å². The zero-order valence-corrected chi connectivity index (χ0v) is 18.1. The number of anilines is 1. The molecule has 1 spiro atoms. The fourth-order valence-corrected chi connectivity index (χ4v) is 5.58. The molecule has 1 aromatic carbocycles. The van der Waals surface area contributed by atoms with Crippen molar-refractivity contribution in [3.63, 3.8) is 0 Å². The molecule has 2 aromatic heterocycles. The maximum absolute atomic E-state index is 12.8. The number of rotatable bonds is 4. The lowest BCUT2D eigenvalue weighted by Crippen LogP contribution is -2.45. The van der Waals surface area contributed by atoms with E-state index in [0.29, 0.717) is 23.9 Å². The van der Waals surface area contributed by atoms with Gasteiger partial charge >= 0.3 is 6.09 Å². The third-order valence-electron chi connectivity index (χ3n) is 7.21. The molecule has 164 valence electrons. The average Bonchev–Trinajstić information content (AvgIpc) is 3.25. The highest BCUT2D eigenvalue weighted by Crippen LogP contribution is 2.48. The Hall–Kier alpha value is -3.34. The predicted molar refractivity (Wildman–Crippen MR) is 116 cm³/mol. The fraction of sp³-hybridized carbons (Fsp3) is 0.500. The van der Waals surface area contributed by atoms with E-state index in [9.17, 15) is 10.1 Å². The van der Waals surface area contributed by atoms with E-state index >= 15 is 0 Å². The molecule has 3 aliphatic rings. The average molecular weight is 431 g/mol. The van der Waals surface area contributed by atoms with Crippen molar-refractivity contribution in [2.75, 3.05) is 11.4 Å². The molecule has 2 unspecified atom stereocenters. The molecule has 0 radical (unpaired) electrons. The van der Waals surface area contributed by atoms with Crippen molar-refractivity contribution in [2.45, 2.75) is 63.5 Å². The second kappa shape index (κ2) is 6.83. The number of carbonyl (C=O) groups is 1. The molecule has 0 bridgehead atoms.